The predicted octanol–water partition coefficient (Wildman–Crippen LogP) is 3.11. The molecule has 0 aromatic carbocycles. The number of halogens is 11. The average Bonchev–Trinajstić information content (AvgIpc) is 2.58. The van der Waals surface area contributed by atoms with E-state index >= 15 is 0 Å². The van der Waals surface area contributed by atoms with E-state index in [0.29, 0.717) is 0 Å². The first-order valence-electron chi connectivity index (χ1n) is 7.62. The van der Waals surface area contributed by atoms with Gasteiger partial charge in [0.15, 0.2) is 0 Å². The Kier molecular flexibility index (Phi) is 10.5. The van der Waals surface area contributed by atoms with Gasteiger partial charge in [0.2, 0.25) is 0 Å². The molecule has 0 spiro atoms. The van der Waals surface area contributed by atoms with E-state index in [1.165, 1.54) is 0 Å². The van der Waals surface area contributed by atoms with Crippen molar-refractivity contribution in [3.05, 3.63) is 0 Å². The van der Waals surface area contributed by atoms with Crippen LogP contribution in [0.15, 0.2) is 0 Å². The van der Waals surface area contributed by atoms with Crippen LogP contribution in [0, 0.1) is 0 Å². The molecule has 0 radical (unpaired) electrons. The molecule has 1 N–H and O–H groups in total. The molecule has 0 atom stereocenters. The summed E-state index contributed by atoms with van der Waals surface area (Å²) in [7, 11) is 0. The lowest BCUT2D eigenvalue weighted by Gasteiger charge is -2.36. The molecule has 29 heavy (non-hydrogen) atoms. The lowest BCUT2D eigenvalue weighted by atomic mass is 10.0. The first-order chi connectivity index (χ1) is 13.1. The summed E-state index contributed by atoms with van der Waals surface area (Å²) >= 11 is 0. The van der Waals surface area contributed by atoms with Gasteiger partial charge in [-0.25, -0.2) is 0 Å². The molecule has 0 aliphatic heterocycles. The Hall–Kier alpha value is -0.970. The van der Waals surface area contributed by atoms with Crippen LogP contribution in [0.1, 0.15) is 0 Å². The summed E-state index contributed by atoms with van der Waals surface area (Å²) in [6.07, 6.45) is -13.6. The van der Waals surface area contributed by atoms with Gasteiger partial charge in [0.25, 0.3) is 0 Å². The van der Waals surface area contributed by atoms with Crippen molar-refractivity contribution >= 4 is 0 Å². The Labute approximate surface area is 156 Å². The van der Waals surface area contributed by atoms with Crippen molar-refractivity contribution in [1.82, 2.24) is 0 Å². The normalized spacial score (nSPS) is 14.5. The van der Waals surface area contributed by atoms with Crippen molar-refractivity contribution in [3.8, 4) is 0 Å². The van der Waals surface area contributed by atoms with Crippen molar-refractivity contribution in [2.75, 3.05) is 52.9 Å². The number of ether oxygens (including phenoxy) is 4. The molecule has 16 heteroatoms. The molecule has 0 aliphatic carbocycles. The third-order valence-corrected chi connectivity index (χ3v) is 3.00. The van der Waals surface area contributed by atoms with E-state index in [9.17, 15) is 48.3 Å². The van der Waals surface area contributed by atoms with Gasteiger partial charge in [-0.1, -0.05) is 0 Å². The smallest absolute Gasteiger partial charge is 0.394 e. The first kappa shape index (κ1) is 28.0. The second kappa shape index (κ2) is 10.9. The molecule has 0 saturated carbocycles. The maximum Gasteiger partial charge on any atom is 0.460 e. The van der Waals surface area contributed by atoms with Gasteiger partial charge in [-0.2, -0.15) is 48.3 Å². The van der Waals surface area contributed by atoms with Gasteiger partial charge < -0.3 is 24.1 Å². The van der Waals surface area contributed by atoms with Crippen LogP contribution in [0.3, 0.4) is 0 Å². The Morgan fingerprint density at radius 1 is 0.483 bits per heavy atom. The van der Waals surface area contributed by atoms with E-state index in [1.807, 2.05) is 0 Å². The highest BCUT2D eigenvalue weighted by Gasteiger charge is 2.87. The maximum absolute atomic E-state index is 13.1. The Bertz CT molecular complexity index is 471. The van der Waals surface area contributed by atoms with Crippen molar-refractivity contribution in [2.45, 2.75) is 30.1 Å². The fourth-order valence-electron chi connectivity index (χ4n) is 1.48. The zero-order valence-corrected chi connectivity index (χ0v) is 14.4. The van der Waals surface area contributed by atoms with Gasteiger partial charge in [-0.15, -0.1) is 0 Å². The van der Waals surface area contributed by atoms with Crippen molar-refractivity contribution in [1.29, 1.82) is 0 Å². The zero-order chi connectivity index (χ0) is 23.0. The van der Waals surface area contributed by atoms with Crippen LogP contribution in [0.25, 0.3) is 0 Å². The van der Waals surface area contributed by atoms with Crippen molar-refractivity contribution in [2.24, 2.45) is 0 Å². The van der Waals surface area contributed by atoms with Crippen LogP contribution in [0.5, 0.6) is 0 Å². The largest absolute Gasteiger partial charge is 0.460 e. The average molecular weight is 462 g/mol. The van der Waals surface area contributed by atoms with E-state index in [0.717, 1.165) is 0 Å². The lowest BCUT2D eigenvalue weighted by molar-refractivity contribution is -0.457. The molecule has 5 nitrogen and oxygen atoms in total. The molecule has 0 amide bonds. The van der Waals surface area contributed by atoms with Gasteiger partial charge in [0.1, 0.15) is 0 Å². The van der Waals surface area contributed by atoms with Gasteiger partial charge in [-0.3, -0.25) is 0 Å². The maximum atomic E-state index is 13.1. The highest BCUT2D eigenvalue weighted by atomic mass is 19.4. The highest BCUT2D eigenvalue weighted by molar-refractivity contribution is 5.03. The van der Waals surface area contributed by atoms with Crippen LogP contribution in [0.2, 0.25) is 0 Å². The minimum absolute atomic E-state index is 0.0483. The number of alkyl halides is 11. The summed E-state index contributed by atoms with van der Waals surface area (Å²) in [5.74, 6) is -22.2. The Morgan fingerprint density at radius 3 is 1.24 bits per heavy atom. The molecular weight excluding hydrogens is 445 g/mol. The molecule has 0 unspecified atom stereocenters. The van der Waals surface area contributed by atoms with Gasteiger partial charge in [-0.05, 0) is 0 Å². The predicted molar refractivity (Wildman–Crippen MR) is 71.3 cm³/mol. The van der Waals surface area contributed by atoms with Crippen molar-refractivity contribution in [3.63, 3.8) is 0 Å². The first-order valence-corrected chi connectivity index (χ1v) is 7.62. The topological polar surface area (TPSA) is 57.2 Å². The minimum atomic E-state index is -7.51. The fourth-order valence-corrected chi connectivity index (χ4v) is 1.48. The monoisotopic (exact) mass is 462 g/mol. The Morgan fingerprint density at radius 2 is 0.862 bits per heavy atom. The fraction of sp³-hybridized carbons (Fsp3) is 1.00. The van der Waals surface area contributed by atoms with E-state index in [1.54, 1.807) is 0 Å². The van der Waals surface area contributed by atoms with E-state index in [-0.39, 0.29) is 39.6 Å². The highest BCUT2D eigenvalue weighted by Crippen LogP contribution is 2.57. The second-order valence-corrected chi connectivity index (χ2v) is 5.15. The van der Waals surface area contributed by atoms with E-state index in [2.05, 4.69) is 9.47 Å². The summed E-state index contributed by atoms with van der Waals surface area (Å²) in [6.45, 7) is -2.92. The van der Waals surface area contributed by atoms with E-state index < -0.39 is 43.3 Å². The summed E-state index contributed by atoms with van der Waals surface area (Å²) in [6, 6.07) is 0. The molecule has 0 saturated heterocycles. The van der Waals surface area contributed by atoms with Crippen LogP contribution < -0.4 is 0 Å². The number of hydrogen-bond donors (Lipinski definition) is 1. The summed E-state index contributed by atoms with van der Waals surface area (Å²) in [5.41, 5.74) is 0. The Balaban J connectivity index is 4.49. The number of aliphatic hydroxyl groups is 1. The summed E-state index contributed by atoms with van der Waals surface area (Å²) < 4.78 is 157. The SMILES string of the molecule is OCCOCCOCCOCCOC(F)(F)C(F)(F)C(F)(F)C(F)(F)C(F)(F)F. The number of hydrogen-bond acceptors (Lipinski definition) is 5. The van der Waals surface area contributed by atoms with Crippen LogP contribution in [-0.2, 0) is 18.9 Å². The molecule has 0 bridgehead atoms. The standard InChI is InChI=1S/C13H17F11O5/c14-9(15,10(16,17)12(20,21)22)11(18,19)13(23,24)29-8-7-28-6-5-27-4-3-26-2-1-25/h25H,1-8H2. The van der Waals surface area contributed by atoms with Crippen LogP contribution in [-0.4, -0.2) is 88.0 Å². The summed E-state index contributed by atoms with van der Waals surface area (Å²) in [5, 5.41) is 8.39. The third kappa shape index (κ3) is 7.04. The van der Waals surface area contributed by atoms with Crippen molar-refractivity contribution < 1.29 is 72.3 Å². The third-order valence-electron chi connectivity index (χ3n) is 3.00. The number of rotatable bonds is 15. The van der Waals surface area contributed by atoms with Crippen LogP contribution >= 0.6 is 0 Å². The molecule has 0 heterocycles. The quantitative estimate of drug-likeness (QED) is 0.300. The molecular formula is C13H17F11O5. The van der Waals surface area contributed by atoms with E-state index in [4.69, 9.17) is 14.6 Å². The molecule has 0 aromatic rings. The lowest BCUT2D eigenvalue weighted by Crippen LogP contribution is -2.67. The van der Waals surface area contributed by atoms with Gasteiger partial charge >= 0.3 is 30.1 Å². The zero-order valence-electron chi connectivity index (χ0n) is 14.4. The van der Waals surface area contributed by atoms with Gasteiger partial charge in [0, 0.05) is 0 Å². The summed E-state index contributed by atoms with van der Waals surface area (Å²) in [4.78, 5) is 0. The molecule has 176 valence electrons. The van der Waals surface area contributed by atoms with Gasteiger partial charge in [0.05, 0.1) is 52.9 Å². The molecule has 0 rings (SSSR count). The van der Waals surface area contributed by atoms with Crippen LogP contribution in [0.4, 0.5) is 48.3 Å². The molecule has 0 fully saturated rings. The molecule has 0 aliphatic rings. The number of aliphatic hydroxyl groups excluding tert-OH is 1. The molecule has 0 aromatic heterocycles. The second-order valence-electron chi connectivity index (χ2n) is 5.15. The minimum Gasteiger partial charge on any atom is -0.394 e.